The van der Waals surface area contributed by atoms with Gasteiger partial charge < -0.3 is 15.4 Å². The number of amides is 1. The van der Waals surface area contributed by atoms with Crippen LogP contribution in [-0.2, 0) is 4.74 Å². The molecule has 0 radical (unpaired) electrons. The van der Waals surface area contributed by atoms with Crippen LogP contribution < -0.4 is 10.6 Å². The number of benzene rings is 1. The van der Waals surface area contributed by atoms with E-state index in [1.165, 1.54) is 0 Å². The fraction of sp³-hybridized carbons (Fsp3) is 0.550. The third kappa shape index (κ3) is 4.30. The molecule has 0 spiro atoms. The zero-order chi connectivity index (χ0) is 17.7. The summed E-state index contributed by atoms with van der Waals surface area (Å²) in [5.41, 5.74) is 2.60. The first-order valence-electron chi connectivity index (χ1n) is 8.65. The summed E-state index contributed by atoms with van der Waals surface area (Å²) in [6.07, 6.45) is 6.50. The maximum atomic E-state index is 12.7. The molecule has 24 heavy (non-hydrogen) atoms. The highest BCUT2D eigenvalue weighted by Gasteiger charge is 2.26. The van der Waals surface area contributed by atoms with Gasteiger partial charge in [0.15, 0.2) is 0 Å². The van der Waals surface area contributed by atoms with E-state index in [4.69, 9.17) is 11.2 Å². The second-order valence-corrected chi connectivity index (χ2v) is 6.90. The quantitative estimate of drug-likeness (QED) is 0.788. The fourth-order valence-corrected chi connectivity index (χ4v) is 2.78. The zero-order valence-electron chi connectivity index (χ0n) is 15.1. The van der Waals surface area contributed by atoms with Crippen molar-refractivity contribution in [1.29, 1.82) is 0 Å². The lowest BCUT2D eigenvalue weighted by Crippen LogP contribution is -2.40. The van der Waals surface area contributed by atoms with Gasteiger partial charge in [-0.1, -0.05) is 25.8 Å². The van der Waals surface area contributed by atoms with Gasteiger partial charge in [-0.3, -0.25) is 4.79 Å². The minimum absolute atomic E-state index is 0.122. The molecule has 130 valence electrons. The smallest absolute Gasteiger partial charge is 0.252 e. The van der Waals surface area contributed by atoms with Crippen molar-refractivity contribution >= 4 is 11.6 Å². The molecule has 1 aromatic rings. The van der Waals surface area contributed by atoms with Gasteiger partial charge in [0.2, 0.25) is 0 Å². The highest BCUT2D eigenvalue weighted by atomic mass is 16.5. The third-order valence-electron chi connectivity index (χ3n) is 4.86. The number of terminal acetylenes is 1. The molecule has 1 aromatic carbocycles. The van der Waals surface area contributed by atoms with E-state index in [0.717, 1.165) is 17.7 Å². The van der Waals surface area contributed by atoms with Gasteiger partial charge in [0.1, 0.15) is 0 Å². The molecule has 1 fully saturated rings. The number of carbonyl (C=O) groups is 1. The van der Waals surface area contributed by atoms with Gasteiger partial charge in [0.25, 0.3) is 5.91 Å². The summed E-state index contributed by atoms with van der Waals surface area (Å²) in [6, 6.07) is 5.80. The predicted octanol–water partition coefficient (Wildman–Crippen LogP) is 3.22. The van der Waals surface area contributed by atoms with Gasteiger partial charge in [0, 0.05) is 29.8 Å². The topological polar surface area (TPSA) is 50.4 Å². The van der Waals surface area contributed by atoms with Crippen molar-refractivity contribution in [3.8, 4) is 12.3 Å². The van der Waals surface area contributed by atoms with E-state index in [-0.39, 0.29) is 17.9 Å². The molecule has 1 heterocycles. The Morgan fingerprint density at radius 2 is 2.12 bits per heavy atom. The molecular weight excluding hydrogens is 300 g/mol. The van der Waals surface area contributed by atoms with Gasteiger partial charge in [-0.05, 0) is 43.9 Å². The number of anilines is 1. The molecule has 0 aliphatic carbocycles. The van der Waals surface area contributed by atoms with E-state index in [2.05, 4.69) is 37.3 Å². The average molecular weight is 328 g/mol. The van der Waals surface area contributed by atoms with E-state index in [9.17, 15) is 4.79 Å². The molecule has 3 atom stereocenters. The maximum absolute atomic E-state index is 12.7. The van der Waals surface area contributed by atoms with E-state index in [0.29, 0.717) is 30.7 Å². The summed E-state index contributed by atoms with van der Waals surface area (Å²) in [4.78, 5) is 12.7. The Labute approximate surface area is 145 Å². The summed E-state index contributed by atoms with van der Waals surface area (Å²) in [5, 5.41) is 6.47. The average Bonchev–Trinajstić information content (AvgIpc) is 3.08. The highest BCUT2D eigenvalue weighted by Crippen LogP contribution is 2.22. The molecule has 4 heteroatoms. The lowest BCUT2D eigenvalue weighted by atomic mass is 9.98. The van der Waals surface area contributed by atoms with Crippen LogP contribution in [0, 0.1) is 31.1 Å². The van der Waals surface area contributed by atoms with Gasteiger partial charge in [0.05, 0.1) is 12.6 Å². The Hall–Kier alpha value is -1.99. The Kier molecular flexibility index (Phi) is 6.28. The Morgan fingerprint density at radius 1 is 1.38 bits per heavy atom. The van der Waals surface area contributed by atoms with Crippen molar-refractivity contribution in [3.05, 3.63) is 29.3 Å². The lowest BCUT2D eigenvalue weighted by Gasteiger charge is -2.22. The second-order valence-electron chi connectivity index (χ2n) is 6.90. The second kappa shape index (κ2) is 8.21. The minimum Gasteiger partial charge on any atom is -0.382 e. The molecule has 0 bridgehead atoms. The van der Waals surface area contributed by atoms with Crippen LogP contribution in [0.25, 0.3) is 0 Å². The van der Waals surface area contributed by atoms with Crippen molar-refractivity contribution in [2.24, 2.45) is 11.8 Å². The van der Waals surface area contributed by atoms with Gasteiger partial charge >= 0.3 is 0 Å². The summed E-state index contributed by atoms with van der Waals surface area (Å²) < 4.78 is 5.38. The number of hydrogen-bond donors (Lipinski definition) is 2. The first kappa shape index (κ1) is 18.4. The number of hydrogen-bond acceptors (Lipinski definition) is 3. The molecule has 1 amide bonds. The highest BCUT2D eigenvalue weighted by molar-refractivity contribution is 5.97. The standard InChI is InChI=1S/C20H28N2O2/c1-6-18(16-10-11-24-12-16)22-20(23)17-8-7-9-19(14(17)4)21-15(5)13(2)3/h1,7-9,13,15-16,18,21H,10-12H2,2-5H3,(H,22,23)/t15-,16+,18+/m1/s1. The Morgan fingerprint density at radius 3 is 2.71 bits per heavy atom. The number of carbonyl (C=O) groups excluding carboxylic acids is 1. The van der Waals surface area contributed by atoms with Crippen LogP contribution in [0.5, 0.6) is 0 Å². The zero-order valence-corrected chi connectivity index (χ0v) is 15.1. The van der Waals surface area contributed by atoms with E-state index in [1.54, 1.807) is 0 Å². The fourth-order valence-electron chi connectivity index (χ4n) is 2.78. The van der Waals surface area contributed by atoms with E-state index < -0.39 is 0 Å². The maximum Gasteiger partial charge on any atom is 0.252 e. The number of ether oxygens (including phenoxy) is 1. The van der Waals surface area contributed by atoms with Gasteiger partial charge in [-0.15, -0.1) is 6.42 Å². The van der Waals surface area contributed by atoms with E-state index in [1.807, 2.05) is 25.1 Å². The van der Waals surface area contributed by atoms with Crippen LogP contribution in [-0.4, -0.2) is 31.2 Å². The van der Waals surface area contributed by atoms with Crippen molar-refractivity contribution < 1.29 is 9.53 Å². The number of rotatable bonds is 6. The van der Waals surface area contributed by atoms with Crippen LogP contribution in [0.15, 0.2) is 18.2 Å². The molecule has 0 unspecified atom stereocenters. The first-order chi connectivity index (χ1) is 11.4. The Balaban J connectivity index is 2.13. The van der Waals surface area contributed by atoms with E-state index >= 15 is 0 Å². The first-order valence-corrected chi connectivity index (χ1v) is 8.65. The van der Waals surface area contributed by atoms with Crippen molar-refractivity contribution in [2.45, 2.75) is 46.2 Å². The molecule has 1 saturated heterocycles. The monoisotopic (exact) mass is 328 g/mol. The summed E-state index contributed by atoms with van der Waals surface area (Å²) >= 11 is 0. The van der Waals surface area contributed by atoms with Crippen molar-refractivity contribution in [3.63, 3.8) is 0 Å². The summed E-state index contributed by atoms with van der Waals surface area (Å²) in [7, 11) is 0. The SMILES string of the molecule is C#C[C@H](NC(=O)c1cccc(N[C@H](C)C(C)C)c1C)[C@H]1CCOC1. The largest absolute Gasteiger partial charge is 0.382 e. The van der Waals surface area contributed by atoms with Crippen LogP contribution >= 0.6 is 0 Å². The molecule has 2 rings (SSSR count). The van der Waals surface area contributed by atoms with Crippen LogP contribution in [0.4, 0.5) is 5.69 Å². The van der Waals surface area contributed by atoms with Crippen LogP contribution in [0.1, 0.15) is 43.1 Å². The molecule has 0 aromatic heterocycles. The molecule has 2 N–H and O–H groups in total. The lowest BCUT2D eigenvalue weighted by molar-refractivity contribution is 0.0931. The predicted molar refractivity (Wildman–Crippen MR) is 98.1 cm³/mol. The van der Waals surface area contributed by atoms with Crippen molar-refractivity contribution in [1.82, 2.24) is 5.32 Å². The van der Waals surface area contributed by atoms with Gasteiger partial charge in [-0.2, -0.15) is 0 Å². The van der Waals surface area contributed by atoms with Crippen molar-refractivity contribution in [2.75, 3.05) is 18.5 Å². The Bertz CT molecular complexity index is 613. The summed E-state index contributed by atoms with van der Waals surface area (Å²) in [6.45, 7) is 9.78. The molecule has 1 aliphatic heterocycles. The van der Waals surface area contributed by atoms with Crippen LogP contribution in [0.3, 0.4) is 0 Å². The molecule has 1 aliphatic rings. The third-order valence-corrected chi connectivity index (χ3v) is 4.86. The normalized spacial score (nSPS) is 19.6. The minimum atomic E-state index is -0.286. The van der Waals surface area contributed by atoms with Crippen LogP contribution in [0.2, 0.25) is 0 Å². The molecule has 0 saturated carbocycles. The molecular formula is C20H28N2O2. The molecule has 4 nitrogen and oxygen atoms in total. The summed E-state index contributed by atoms with van der Waals surface area (Å²) in [5.74, 6) is 3.28. The van der Waals surface area contributed by atoms with Gasteiger partial charge in [-0.25, -0.2) is 0 Å². The number of nitrogens with one attached hydrogen (secondary N) is 2.